The highest BCUT2D eigenvalue weighted by atomic mass is 35.5. The van der Waals surface area contributed by atoms with Gasteiger partial charge in [-0.2, -0.15) is 8.42 Å². The van der Waals surface area contributed by atoms with E-state index in [1.54, 1.807) is 17.0 Å². The van der Waals surface area contributed by atoms with Crippen LogP contribution in [0.15, 0.2) is 47.4 Å². The average Bonchev–Trinajstić information content (AvgIpc) is 2.70. The summed E-state index contributed by atoms with van der Waals surface area (Å²) in [4.78, 5) is 16.2. The molecule has 1 aliphatic rings. The van der Waals surface area contributed by atoms with Crippen LogP contribution < -0.4 is 4.74 Å². The highest BCUT2D eigenvalue weighted by molar-refractivity contribution is 7.86. The zero-order valence-electron chi connectivity index (χ0n) is 17.2. The molecule has 10 heteroatoms. The second-order valence-corrected chi connectivity index (χ2v) is 9.48. The molecule has 2 aromatic carbocycles. The summed E-state index contributed by atoms with van der Waals surface area (Å²) < 4.78 is 51.0. The van der Waals surface area contributed by atoms with Crippen LogP contribution >= 0.6 is 11.6 Å². The second-order valence-electron chi connectivity index (χ2n) is 7.65. The van der Waals surface area contributed by atoms with Gasteiger partial charge in [-0.1, -0.05) is 23.7 Å². The molecule has 2 atom stereocenters. The molecule has 1 saturated heterocycles. The van der Waals surface area contributed by atoms with Crippen LogP contribution in [0.4, 0.5) is 4.39 Å². The minimum atomic E-state index is -4.55. The topological polar surface area (TPSA) is 87.1 Å². The Labute approximate surface area is 186 Å². The van der Waals surface area contributed by atoms with Gasteiger partial charge in [-0.3, -0.25) is 14.2 Å². The second kappa shape index (κ2) is 9.52. The largest absolute Gasteiger partial charge is 0.482 e. The number of halogens is 2. The van der Waals surface area contributed by atoms with E-state index in [9.17, 15) is 22.2 Å². The lowest BCUT2D eigenvalue weighted by Crippen LogP contribution is -2.58. The van der Waals surface area contributed by atoms with Crippen molar-refractivity contribution in [1.82, 2.24) is 9.80 Å². The van der Waals surface area contributed by atoms with Crippen molar-refractivity contribution in [3.05, 3.63) is 58.9 Å². The lowest BCUT2D eigenvalue weighted by molar-refractivity contribution is -0.139. The molecule has 0 aliphatic carbocycles. The monoisotopic (exact) mass is 470 g/mol. The van der Waals surface area contributed by atoms with Crippen molar-refractivity contribution in [2.75, 3.05) is 19.7 Å². The first-order valence-electron chi connectivity index (χ1n) is 9.72. The molecule has 1 N–H and O–H groups in total. The van der Waals surface area contributed by atoms with Gasteiger partial charge in [0.1, 0.15) is 16.5 Å². The molecule has 31 heavy (non-hydrogen) atoms. The van der Waals surface area contributed by atoms with Crippen molar-refractivity contribution >= 4 is 27.6 Å². The van der Waals surface area contributed by atoms with Gasteiger partial charge in [0, 0.05) is 36.7 Å². The Bertz CT molecular complexity index is 1050. The van der Waals surface area contributed by atoms with Crippen LogP contribution in [-0.4, -0.2) is 60.5 Å². The molecule has 7 nitrogen and oxygen atoms in total. The van der Waals surface area contributed by atoms with E-state index in [2.05, 4.69) is 4.90 Å². The van der Waals surface area contributed by atoms with Crippen LogP contribution in [-0.2, 0) is 21.5 Å². The minimum absolute atomic E-state index is 0.0640. The van der Waals surface area contributed by atoms with Gasteiger partial charge in [0.05, 0.1) is 0 Å². The quantitative estimate of drug-likeness (QED) is 0.652. The third-order valence-corrected chi connectivity index (χ3v) is 6.38. The number of carbonyl (C=O) groups is 1. The summed E-state index contributed by atoms with van der Waals surface area (Å²) in [6.45, 7) is 5.29. The van der Waals surface area contributed by atoms with Crippen molar-refractivity contribution in [2.24, 2.45) is 0 Å². The Kier molecular flexibility index (Phi) is 7.20. The number of amides is 1. The molecular formula is C21H24ClFN2O5S. The fraction of sp³-hybridized carbons (Fsp3) is 0.381. The van der Waals surface area contributed by atoms with Crippen LogP contribution in [0.1, 0.15) is 19.4 Å². The fourth-order valence-electron chi connectivity index (χ4n) is 3.62. The third kappa shape index (κ3) is 5.94. The minimum Gasteiger partial charge on any atom is -0.482 e. The van der Waals surface area contributed by atoms with E-state index in [0.29, 0.717) is 19.6 Å². The highest BCUT2D eigenvalue weighted by Gasteiger charge is 2.32. The number of benzene rings is 2. The molecule has 3 rings (SSSR count). The van der Waals surface area contributed by atoms with Gasteiger partial charge in [-0.05, 0) is 49.7 Å². The summed E-state index contributed by atoms with van der Waals surface area (Å²) >= 11 is 5.79. The number of rotatable bonds is 6. The van der Waals surface area contributed by atoms with Crippen LogP contribution in [0.5, 0.6) is 5.75 Å². The molecule has 0 saturated carbocycles. The van der Waals surface area contributed by atoms with E-state index in [0.717, 1.165) is 11.6 Å². The summed E-state index contributed by atoms with van der Waals surface area (Å²) in [7, 11) is -4.55. The first-order chi connectivity index (χ1) is 14.5. The smallest absolute Gasteiger partial charge is 0.298 e. The van der Waals surface area contributed by atoms with Crippen molar-refractivity contribution in [1.29, 1.82) is 0 Å². The molecule has 1 aliphatic heterocycles. The molecule has 1 heterocycles. The molecule has 0 spiro atoms. The lowest BCUT2D eigenvalue weighted by atomic mass is 10.1. The summed E-state index contributed by atoms with van der Waals surface area (Å²) in [6, 6.07) is 10.1. The molecule has 168 valence electrons. The van der Waals surface area contributed by atoms with Gasteiger partial charge < -0.3 is 9.64 Å². The summed E-state index contributed by atoms with van der Waals surface area (Å²) in [5.41, 5.74) is 0.990. The zero-order valence-corrected chi connectivity index (χ0v) is 18.7. The van der Waals surface area contributed by atoms with Gasteiger partial charge in [-0.15, -0.1) is 0 Å². The maximum atomic E-state index is 13.1. The first kappa shape index (κ1) is 23.5. The Morgan fingerprint density at radius 1 is 1.16 bits per heavy atom. The number of carbonyl (C=O) groups excluding carboxylic acids is 1. The Balaban J connectivity index is 1.63. The van der Waals surface area contributed by atoms with Crippen LogP contribution in [0, 0.1) is 5.82 Å². The van der Waals surface area contributed by atoms with Crippen molar-refractivity contribution < 1.29 is 26.9 Å². The predicted octanol–water partition coefficient (Wildman–Crippen LogP) is 3.23. The standard InChI is InChI=1S/C21H24ClFN2O5S/c1-14-11-25(15(2)10-24(14)12-16-3-6-18(23)7-4-16)21(26)13-30-19-8-5-17(22)9-20(19)31(27,28)29/h3-9,14-15H,10-13H2,1-2H3,(H,27,28,29). The van der Waals surface area contributed by atoms with Crippen molar-refractivity contribution in [3.63, 3.8) is 0 Å². The fourth-order valence-corrected chi connectivity index (χ4v) is 4.51. The van der Waals surface area contributed by atoms with Crippen LogP contribution in [0.3, 0.4) is 0 Å². The van der Waals surface area contributed by atoms with Gasteiger partial charge in [-0.25, -0.2) is 4.39 Å². The van der Waals surface area contributed by atoms with Crippen LogP contribution in [0.2, 0.25) is 5.02 Å². The van der Waals surface area contributed by atoms with Crippen LogP contribution in [0.25, 0.3) is 0 Å². The van der Waals surface area contributed by atoms with Crippen molar-refractivity contribution in [3.8, 4) is 5.75 Å². The van der Waals surface area contributed by atoms with Gasteiger partial charge in [0.2, 0.25) is 0 Å². The molecule has 0 bridgehead atoms. The van der Waals surface area contributed by atoms with E-state index in [1.807, 2.05) is 13.8 Å². The van der Waals surface area contributed by atoms with Gasteiger partial charge in [0.25, 0.3) is 16.0 Å². The molecule has 2 aromatic rings. The van der Waals surface area contributed by atoms with Gasteiger partial charge >= 0.3 is 0 Å². The number of nitrogens with zero attached hydrogens (tertiary/aromatic N) is 2. The maximum absolute atomic E-state index is 13.1. The van der Waals surface area contributed by atoms with E-state index < -0.39 is 15.0 Å². The third-order valence-electron chi connectivity index (χ3n) is 5.27. The molecular weight excluding hydrogens is 447 g/mol. The number of hydrogen-bond donors (Lipinski definition) is 1. The summed E-state index contributed by atoms with van der Waals surface area (Å²) in [6.07, 6.45) is 0. The zero-order chi connectivity index (χ0) is 22.8. The molecule has 1 amide bonds. The van der Waals surface area contributed by atoms with E-state index in [4.69, 9.17) is 16.3 Å². The molecule has 1 fully saturated rings. The Morgan fingerprint density at radius 3 is 2.48 bits per heavy atom. The Hall–Kier alpha value is -2.20. The van der Waals surface area contributed by atoms with Crippen molar-refractivity contribution in [2.45, 2.75) is 37.4 Å². The summed E-state index contributed by atoms with van der Waals surface area (Å²) in [5, 5.41) is 0.117. The first-order valence-corrected chi connectivity index (χ1v) is 11.5. The van der Waals surface area contributed by atoms with E-state index in [1.165, 1.54) is 24.3 Å². The van der Waals surface area contributed by atoms with Gasteiger partial charge in [0.15, 0.2) is 6.61 Å². The number of hydrogen-bond acceptors (Lipinski definition) is 5. The Morgan fingerprint density at radius 2 is 1.84 bits per heavy atom. The number of ether oxygens (including phenoxy) is 1. The summed E-state index contributed by atoms with van der Waals surface area (Å²) in [5.74, 6) is -0.716. The maximum Gasteiger partial charge on any atom is 0.298 e. The molecule has 2 unspecified atom stereocenters. The SMILES string of the molecule is CC1CN(C(=O)COc2ccc(Cl)cc2S(=O)(=O)O)C(C)CN1Cc1ccc(F)cc1. The lowest BCUT2D eigenvalue weighted by Gasteiger charge is -2.44. The molecule has 0 radical (unpaired) electrons. The highest BCUT2D eigenvalue weighted by Crippen LogP contribution is 2.27. The molecule has 0 aromatic heterocycles. The normalized spacial score (nSPS) is 20.0. The van der Waals surface area contributed by atoms with E-state index >= 15 is 0 Å². The predicted molar refractivity (Wildman–Crippen MR) is 114 cm³/mol. The average molecular weight is 471 g/mol. The van der Waals surface area contributed by atoms with E-state index in [-0.39, 0.29) is 41.2 Å². The number of piperazine rings is 1.